The maximum absolute atomic E-state index is 12.4. The first-order valence-corrected chi connectivity index (χ1v) is 7.61. The Morgan fingerprint density at radius 2 is 2.16 bits per heavy atom. The monoisotopic (exact) mass is 381 g/mol. The number of piperidine rings is 1. The van der Waals surface area contributed by atoms with Crippen LogP contribution >= 0.6 is 22.6 Å². The number of nitrogens with zero attached hydrogens (tertiary/aromatic N) is 1. The van der Waals surface area contributed by atoms with Gasteiger partial charge in [-0.2, -0.15) is 0 Å². The molecule has 1 fully saturated rings. The fourth-order valence-electron chi connectivity index (χ4n) is 2.42. The van der Waals surface area contributed by atoms with Crippen LogP contribution in [-0.4, -0.2) is 37.6 Å². The Morgan fingerprint density at radius 1 is 1.37 bits per heavy atom. The molecule has 1 aromatic rings. The van der Waals surface area contributed by atoms with E-state index in [4.69, 9.17) is 4.74 Å². The third-order valence-electron chi connectivity index (χ3n) is 3.31. The first-order valence-electron chi connectivity index (χ1n) is 6.53. The molecule has 0 amide bonds. The lowest BCUT2D eigenvalue weighted by atomic mass is 9.99. The molecule has 1 aromatic carbocycles. The summed E-state index contributed by atoms with van der Waals surface area (Å²) in [5, 5.41) is 0. The van der Waals surface area contributed by atoms with E-state index < -0.39 is 6.43 Å². The molecule has 1 atom stereocenters. The maximum Gasteiger partial charge on any atom is 0.251 e. The lowest BCUT2D eigenvalue weighted by Gasteiger charge is -2.32. The molecule has 19 heavy (non-hydrogen) atoms. The number of halogens is 3. The van der Waals surface area contributed by atoms with Crippen LogP contribution < -0.4 is 4.74 Å². The zero-order chi connectivity index (χ0) is 13.7. The van der Waals surface area contributed by atoms with Crippen molar-refractivity contribution < 1.29 is 13.5 Å². The molecule has 1 saturated heterocycles. The molecular formula is C14H18F2INO. The van der Waals surface area contributed by atoms with Gasteiger partial charge in [0.15, 0.2) is 0 Å². The minimum Gasteiger partial charge on any atom is -0.492 e. The van der Waals surface area contributed by atoms with Crippen LogP contribution in [0.5, 0.6) is 5.75 Å². The summed E-state index contributed by atoms with van der Waals surface area (Å²) >= 11 is 2.24. The zero-order valence-corrected chi connectivity index (χ0v) is 12.9. The molecule has 0 aliphatic carbocycles. The number of benzene rings is 1. The van der Waals surface area contributed by atoms with E-state index in [1.807, 2.05) is 29.2 Å². The van der Waals surface area contributed by atoms with Crippen LogP contribution in [0.4, 0.5) is 8.78 Å². The quantitative estimate of drug-likeness (QED) is 0.723. The Kier molecular flexibility index (Phi) is 5.81. The van der Waals surface area contributed by atoms with Gasteiger partial charge in [0, 0.05) is 12.5 Å². The van der Waals surface area contributed by atoms with Crippen molar-refractivity contribution in [3.8, 4) is 5.75 Å². The van der Waals surface area contributed by atoms with Gasteiger partial charge in [-0.25, -0.2) is 8.78 Å². The smallest absolute Gasteiger partial charge is 0.251 e. The van der Waals surface area contributed by atoms with E-state index in [-0.39, 0.29) is 6.54 Å². The highest BCUT2D eigenvalue weighted by molar-refractivity contribution is 14.1. The number of rotatable bonds is 5. The first kappa shape index (κ1) is 15.0. The highest BCUT2D eigenvalue weighted by Crippen LogP contribution is 2.23. The Bertz CT molecular complexity index is 403. The summed E-state index contributed by atoms with van der Waals surface area (Å²) < 4.78 is 31.6. The second-order valence-electron chi connectivity index (χ2n) is 4.90. The van der Waals surface area contributed by atoms with Gasteiger partial charge in [-0.1, -0.05) is 12.1 Å². The summed E-state index contributed by atoms with van der Waals surface area (Å²) in [6.45, 7) is 2.00. The van der Waals surface area contributed by atoms with Gasteiger partial charge in [0.2, 0.25) is 0 Å². The number of alkyl halides is 2. The summed E-state index contributed by atoms with van der Waals surface area (Å²) in [4.78, 5) is 1.85. The SMILES string of the molecule is FC(F)CN1CCC[C@H](COc2ccccc2I)C1. The summed E-state index contributed by atoms with van der Waals surface area (Å²) in [5.74, 6) is 1.23. The van der Waals surface area contributed by atoms with Gasteiger partial charge in [0.1, 0.15) is 5.75 Å². The fraction of sp³-hybridized carbons (Fsp3) is 0.571. The number of hydrogen-bond donors (Lipinski definition) is 0. The molecule has 2 nitrogen and oxygen atoms in total. The predicted molar refractivity (Wildman–Crippen MR) is 79.8 cm³/mol. The van der Waals surface area contributed by atoms with E-state index in [9.17, 15) is 8.78 Å². The molecule has 0 N–H and O–H groups in total. The Balaban J connectivity index is 1.81. The van der Waals surface area contributed by atoms with E-state index in [0.717, 1.165) is 28.7 Å². The number of para-hydroxylation sites is 1. The lowest BCUT2D eigenvalue weighted by molar-refractivity contribution is 0.0551. The summed E-state index contributed by atoms with van der Waals surface area (Å²) in [6, 6.07) is 7.86. The molecule has 0 radical (unpaired) electrons. The van der Waals surface area contributed by atoms with Crippen LogP contribution in [-0.2, 0) is 0 Å². The van der Waals surface area contributed by atoms with Gasteiger partial charge in [-0.15, -0.1) is 0 Å². The second kappa shape index (κ2) is 7.38. The van der Waals surface area contributed by atoms with Gasteiger partial charge in [0.05, 0.1) is 16.7 Å². The van der Waals surface area contributed by atoms with Crippen LogP contribution in [0.3, 0.4) is 0 Å². The molecule has 0 saturated carbocycles. The lowest BCUT2D eigenvalue weighted by Crippen LogP contribution is -2.40. The van der Waals surface area contributed by atoms with E-state index in [0.29, 0.717) is 19.1 Å². The van der Waals surface area contributed by atoms with E-state index in [2.05, 4.69) is 22.6 Å². The third-order valence-corrected chi connectivity index (χ3v) is 4.20. The van der Waals surface area contributed by atoms with Crippen LogP contribution in [0.15, 0.2) is 24.3 Å². The minimum atomic E-state index is -2.24. The van der Waals surface area contributed by atoms with Crippen LogP contribution in [0.2, 0.25) is 0 Å². The Labute approximate surface area is 126 Å². The highest BCUT2D eigenvalue weighted by atomic mass is 127. The largest absolute Gasteiger partial charge is 0.492 e. The molecule has 0 spiro atoms. The van der Waals surface area contributed by atoms with Crippen molar-refractivity contribution in [1.82, 2.24) is 4.90 Å². The summed E-state index contributed by atoms with van der Waals surface area (Å²) in [7, 11) is 0. The van der Waals surface area contributed by atoms with Gasteiger partial charge < -0.3 is 4.74 Å². The van der Waals surface area contributed by atoms with Crippen molar-refractivity contribution in [2.75, 3.05) is 26.2 Å². The van der Waals surface area contributed by atoms with Crippen molar-refractivity contribution in [2.24, 2.45) is 5.92 Å². The summed E-state index contributed by atoms with van der Waals surface area (Å²) in [6.07, 6.45) is -0.204. The van der Waals surface area contributed by atoms with E-state index >= 15 is 0 Å². The number of ether oxygens (including phenoxy) is 1. The van der Waals surface area contributed by atoms with Gasteiger partial charge >= 0.3 is 0 Å². The first-order chi connectivity index (χ1) is 9.15. The molecular weight excluding hydrogens is 363 g/mol. The van der Waals surface area contributed by atoms with Crippen molar-refractivity contribution in [2.45, 2.75) is 19.3 Å². The molecule has 2 rings (SSSR count). The molecule has 106 valence electrons. The molecule has 5 heteroatoms. The Hall–Kier alpha value is -0.430. The van der Waals surface area contributed by atoms with Gasteiger partial charge in [0.25, 0.3) is 6.43 Å². The average molecular weight is 381 g/mol. The molecule has 1 aliphatic rings. The third kappa shape index (κ3) is 4.87. The van der Waals surface area contributed by atoms with Gasteiger partial charge in [-0.3, -0.25) is 4.90 Å². The molecule has 1 heterocycles. The minimum absolute atomic E-state index is 0.112. The van der Waals surface area contributed by atoms with Crippen LogP contribution in [0.1, 0.15) is 12.8 Å². The standard InChI is InChI=1S/C14H18F2INO/c15-14(16)9-18-7-3-4-11(8-18)10-19-13-6-2-1-5-12(13)17/h1-2,5-6,11,14H,3-4,7-10H2/t11-/m0/s1. The fourth-order valence-corrected chi connectivity index (χ4v) is 2.96. The van der Waals surface area contributed by atoms with Crippen molar-refractivity contribution in [3.63, 3.8) is 0 Å². The second-order valence-corrected chi connectivity index (χ2v) is 6.06. The maximum atomic E-state index is 12.4. The molecule has 1 aliphatic heterocycles. The van der Waals surface area contributed by atoms with Crippen molar-refractivity contribution in [3.05, 3.63) is 27.8 Å². The van der Waals surface area contributed by atoms with Crippen LogP contribution in [0.25, 0.3) is 0 Å². The number of hydrogen-bond acceptors (Lipinski definition) is 2. The highest BCUT2D eigenvalue weighted by Gasteiger charge is 2.22. The average Bonchev–Trinajstić information content (AvgIpc) is 2.37. The normalized spacial score (nSPS) is 20.7. The predicted octanol–water partition coefficient (Wildman–Crippen LogP) is 3.65. The summed E-state index contributed by atoms with van der Waals surface area (Å²) in [5.41, 5.74) is 0. The van der Waals surface area contributed by atoms with Crippen molar-refractivity contribution >= 4 is 22.6 Å². The Morgan fingerprint density at radius 3 is 2.89 bits per heavy atom. The zero-order valence-electron chi connectivity index (χ0n) is 10.7. The topological polar surface area (TPSA) is 12.5 Å². The van der Waals surface area contributed by atoms with E-state index in [1.165, 1.54) is 0 Å². The molecule has 0 unspecified atom stereocenters. The van der Waals surface area contributed by atoms with Crippen LogP contribution in [0, 0.1) is 9.49 Å². The molecule has 0 bridgehead atoms. The molecule has 0 aromatic heterocycles. The van der Waals surface area contributed by atoms with Gasteiger partial charge in [-0.05, 0) is 54.1 Å². The van der Waals surface area contributed by atoms with E-state index in [1.54, 1.807) is 0 Å². The number of likely N-dealkylation sites (tertiary alicyclic amines) is 1. The van der Waals surface area contributed by atoms with Crippen molar-refractivity contribution in [1.29, 1.82) is 0 Å².